The van der Waals surface area contributed by atoms with Crippen molar-refractivity contribution >= 4 is 28.1 Å². The largest absolute Gasteiger partial charge is 0.378 e. The number of para-hydroxylation sites is 2. The number of nitro groups is 1. The number of anilines is 1. The number of benzene rings is 3. The highest BCUT2D eigenvalue weighted by atomic mass is 16.6. The molecule has 0 saturated heterocycles. The number of carbonyl (C=O) groups excluding carboxylic acids is 1. The van der Waals surface area contributed by atoms with E-state index in [1.807, 2.05) is 36.4 Å². The van der Waals surface area contributed by atoms with Crippen molar-refractivity contribution in [2.75, 3.05) is 18.4 Å². The molecule has 0 radical (unpaired) electrons. The average molecular weight is 335 g/mol. The molecule has 0 aliphatic heterocycles. The number of carbonyl (C=O) groups is 1. The summed E-state index contributed by atoms with van der Waals surface area (Å²) >= 11 is 0. The Morgan fingerprint density at radius 2 is 1.64 bits per heavy atom. The maximum Gasteiger partial charge on any atom is 0.292 e. The topological polar surface area (TPSA) is 84.3 Å². The molecule has 3 aromatic carbocycles. The number of hydrogen-bond donors (Lipinski definition) is 2. The summed E-state index contributed by atoms with van der Waals surface area (Å²) in [5.74, 6) is -0.171. The third-order valence-corrected chi connectivity index (χ3v) is 3.84. The zero-order chi connectivity index (χ0) is 17.6. The molecule has 25 heavy (non-hydrogen) atoms. The number of nitrogens with one attached hydrogen (secondary N) is 2. The van der Waals surface area contributed by atoms with Gasteiger partial charge < -0.3 is 10.6 Å². The van der Waals surface area contributed by atoms with E-state index in [9.17, 15) is 14.9 Å². The molecule has 0 aromatic heterocycles. The summed E-state index contributed by atoms with van der Waals surface area (Å²) in [4.78, 5) is 22.7. The predicted octanol–water partition coefficient (Wildman–Crippen LogP) is 3.59. The summed E-state index contributed by atoms with van der Waals surface area (Å²) < 4.78 is 0. The molecule has 0 unspecified atom stereocenters. The highest BCUT2D eigenvalue weighted by Gasteiger charge is 2.11. The summed E-state index contributed by atoms with van der Waals surface area (Å²) in [6, 6.07) is 19.8. The fraction of sp³-hybridized carbons (Fsp3) is 0.105. The summed E-state index contributed by atoms with van der Waals surface area (Å²) in [6.45, 7) is 0.752. The fourth-order valence-electron chi connectivity index (χ4n) is 2.59. The van der Waals surface area contributed by atoms with Crippen molar-refractivity contribution in [2.24, 2.45) is 0 Å². The van der Waals surface area contributed by atoms with Crippen LogP contribution in [0.15, 0.2) is 66.7 Å². The summed E-state index contributed by atoms with van der Waals surface area (Å²) in [6.07, 6.45) is 0. The van der Waals surface area contributed by atoms with Gasteiger partial charge in [-0.15, -0.1) is 0 Å². The highest BCUT2D eigenvalue weighted by molar-refractivity contribution is 5.98. The van der Waals surface area contributed by atoms with Crippen LogP contribution in [0.25, 0.3) is 10.8 Å². The van der Waals surface area contributed by atoms with E-state index in [2.05, 4.69) is 10.6 Å². The van der Waals surface area contributed by atoms with Crippen LogP contribution in [0.3, 0.4) is 0 Å². The van der Waals surface area contributed by atoms with E-state index in [1.54, 1.807) is 24.3 Å². The van der Waals surface area contributed by atoms with Crippen LogP contribution >= 0.6 is 0 Å². The number of nitro benzene ring substituents is 1. The second-order valence-electron chi connectivity index (χ2n) is 5.52. The fourth-order valence-corrected chi connectivity index (χ4v) is 2.59. The number of rotatable bonds is 6. The van der Waals surface area contributed by atoms with Gasteiger partial charge in [0.1, 0.15) is 5.69 Å². The predicted molar refractivity (Wildman–Crippen MR) is 97.9 cm³/mol. The number of fused-ring (bicyclic) bond motifs is 1. The van der Waals surface area contributed by atoms with Crippen LogP contribution in [0, 0.1) is 10.1 Å². The Morgan fingerprint density at radius 1 is 0.920 bits per heavy atom. The number of hydrogen-bond acceptors (Lipinski definition) is 4. The molecule has 0 aliphatic rings. The summed E-state index contributed by atoms with van der Waals surface area (Å²) in [5, 5.41) is 18.8. The first-order chi connectivity index (χ1) is 12.1. The van der Waals surface area contributed by atoms with E-state index in [1.165, 1.54) is 6.07 Å². The molecule has 2 N–H and O–H groups in total. The molecule has 0 atom stereocenters. The molecule has 6 nitrogen and oxygen atoms in total. The van der Waals surface area contributed by atoms with Crippen molar-refractivity contribution < 1.29 is 9.72 Å². The SMILES string of the molecule is O=C(NCCNc1ccccc1[N+](=O)[O-])c1ccc2ccccc2c1. The van der Waals surface area contributed by atoms with Crippen molar-refractivity contribution in [2.45, 2.75) is 0 Å². The zero-order valence-electron chi connectivity index (χ0n) is 13.4. The van der Waals surface area contributed by atoms with E-state index in [0.717, 1.165) is 10.8 Å². The van der Waals surface area contributed by atoms with E-state index in [-0.39, 0.29) is 11.6 Å². The Bertz CT molecular complexity index is 924. The highest BCUT2D eigenvalue weighted by Crippen LogP contribution is 2.22. The molecule has 0 bridgehead atoms. The first-order valence-corrected chi connectivity index (χ1v) is 7.89. The van der Waals surface area contributed by atoms with E-state index in [4.69, 9.17) is 0 Å². The smallest absolute Gasteiger partial charge is 0.292 e. The normalized spacial score (nSPS) is 10.4. The average Bonchev–Trinajstić information content (AvgIpc) is 2.64. The lowest BCUT2D eigenvalue weighted by molar-refractivity contribution is -0.384. The van der Waals surface area contributed by atoms with Crippen molar-refractivity contribution in [3.05, 3.63) is 82.4 Å². The molecule has 3 aromatic rings. The van der Waals surface area contributed by atoms with Gasteiger partial charge in [-0.05, 0) is 29.0 Å². The molecule has 0 heterocycles. The lowest BCUT2D eigenvalue weighted by Gasteiger charge is -2.09. The quantitative estimate of drug-likeness (QED) is 0.409. The third-order valence-electron chi connectivity index (χ3n) is 3.84. The molecule has 0 spiro atoms. The van der Waals surface area contributed by atoms with Crippen LogP contribution in [0.5, 0.6) is 0 Å². The minimum absolute atomic E-state index is 0.0170. The summed E-state index contributed by atoms with van der Waals surface area (Å²) in [7, 11) is 0. The van der Waals surface area contributed by atoms with Gasteiger partial charge in [-0.1, -0.05) is 42.5 Å². The minimum atomic E-state index is -0.435. The number of nitrogens with zero attached hydrogens (tertiary/aromatic N) is 1. The van der Waals surface area contributed by atoms with Crippen molar-refractivity contribution in [1.29, 1.82) is 0 Å². The minimum Gasteiger partial charge on any atom is -0.378 e. The molecule has 126 valence electrons. The van der Waals surface area contributed by atoms with Crippen LogP contribution in [0.1, 0.15) is 10.4 Å². The first kappa shape index (κ1) is 16.4. The lowest BCUT2D eigenvalue weighted by atomic mass is 10.1. The van der Waals surface area contributed by atoms with Crippen molar-refractivity contribution in [1.82, 2.24) is 5.32 Å². The van der Waals surface area contributed by atoms with Gasteiger partial charge in [0, 0.05) is 24.7 Å². The lowest BCUT2D eigenvalue weighted by Crippen LogP contribution is -2.28. The maximum atomic E-state index is 12.2. The molecule has 0 aliphatic carbocycles. The standard InChI is InChI=1S/C19H17N3O3/c23-19(16-10-9-14-5-1-2-6-15(14)13-16)21-12-11-20-17-7-3-4-8-18(17)22(24)25/h1-10,13,20H,11-12H2,(H,21,23). The first-order valence-electron chi connectivity index (χ1n) is 7.89. The van der Waals surface area contributed by atoms with Crippen LogP contribution in [0.4, 0.5) is 11.4 Å². The Hall–Kier alpha value is -3.41. The van der Waals surface area contributed by atoms with Gasteiger partial charge in [0.25, 0.3) is 11.6 Å². The van der Waals surface area contributed by atoms with Gasteiger partial charge in [0.05, 0.1) is 4.92 Å². The Balaban J connectivity index is 1.56. The third kappa shape index (κ3) is 3.92. The molecule has 1 amide bonds. The van der Waals surface area contributed by atoms with Gasteiger partial charge in [-0.25, -0.2) is 0 Å². The van der Waals surface area contributed by atoms with E-state index >= 15 is 0 Å². The van der Waals surface area contributed by atoms with Crippen LogP contribution in [-0.2, 0) is 0 Å². The molecule has 0 fully saturated rings. The van der Waals surface area contributed by atoms with Gasteiger partial charge in [-0.3, -0.25) is 14.9 Å². The van der Waals surface area contributed by atoms with Crippen molar-refractivity contribution in [3.63, 3.8) is 0 Å². The van der Waals surface area contributed by atoms with Gasteiger partial charge in [0.15, 0.2) is 0 Å². The Labute approximate surface area is 144 Å². The van der Waals surface area contributed by atoms with Crippen LogP contribution in [0.2, 0.25) is 0 Å². The molecule has 6 heteroatoms. The van der Waals surface area contributed by atoms with Gasteiger partial charge >= 0.3 is 0 Å². The molecule has 0 saturated carbocycles. The van der Waals surface area contributed by atoms with Crippen molar-refractivity contribution in [3.8, 4) is 0 Å². The maximum absolute atomic E-state index is 12.2. The summed E-state index contributed by atoms with van der Waals surface area (Å²) in [5.41, 5.74) is 1.04. The molecule has 3 rings (SSSR count). The van der Waals surface area contributed by atoms with Gasteiger partial charge in [0.2, 0.25) is 0 Å². The Morgan fingerprint density at radius 3 is 2.44 bits per heavy atom. The van der Waals surface area contributed by atoms with Crippen LogP contribution in [-0.4, -0.2) is 23.9 Å². The second kappa shape index (κ2) is 7.44. The van der Waals surface area contributed by atoms with E-state index in [0.29, 0.717) is 24.3 Å². The monoisotopic (exact) mass is 335 g/mol. The molecular weight excluding hydrogens is 318 g/mol. The van der Waals surface area contributed by atoms with Crippen LogP contribution < -0.4 is 10.6 Å². The molecular formula is C19H17N3O3. The van der Waals surface area contributed by atoms with Gasteiger partial charge in [-0.2, -0.15) is 0 Å². The number of amides is 1. The zero-order valence-corrected chi connectivity index (χ0v) is 13.4. The van der Waals surface area contributed by atoms with E-state index < -0.39 is 4.92 Å². The Kier molecular flexibility index (Phi) is 4.89. The second-order valence-corrected chi connectivity index (χ2v) is 5.52.